The summed E-state index contributed by atoms with van der Waals surface area (Å²) in [4.78, 5) is 23.2. The Morgan fingerprint density at radius 3 is 2.64 bits per heavy atom. The van der Waals surface area contributed by atoms with Crippen LogP contribution in [0.15, 0.2) is 42.5 Å². The molecule has 2 aromatic rings. The standard InChI is InChI=1S/C20H21N3O2/c1-3-5-20(25)23-18-7-4-6-15(10-18)13-22-19-11-16(14(2)24)8-9-17(19)12-21/h4,6-11,22H,3,5,13H2,1-2H3,(H,23,25). The van der Waals surface area contributed by atoms with E-state index in [1.165, 1.54) is 6.92 Å². The lowest BCUT2D eigenvalue weighted by Crippen LogP contribution is -2.11. The van der Waals surface area contributed by atoms with E-state index in [-0.39, 0.29) is 11.7 Å². The maximum atomic E-state index is 11.7. The van der Waals surface area contributed by atoms with E-state index in [2.05, 4.69) is 16.7 Å². The van der Waals surface area contributed by atoms with E-state index in [0.717, 1.165) is 17.7 Å². The summed E-state index contributed by atoms with van der Waals surface area (Å²) in [5.74, 6) is -0.0540. The number of Topliss-reactive ketones (excluding diaryl/α,β-unsaturated/α-hetero) is 1. The first-order valence-corrected chi connectivity index (χ1v) is 8.21. The molecule has 0 aromatic heterocycles. The van der Waals surface area contributed by atoms with Crippen LogP contribution < -0.4 is 10.6 Å². The zero-order chi connectivity index (χ0) is 18.2. The van der Waals surface area contributed by atoms with Crippen molar-refractivity contribution in [1.29, 1.82) is 5.26 Å². The second kappa shape index (κ2) is 8.65. The molecular weight excluding hydrogens is 314 g/mol. The molecule has 0 atom stereocenters. The van der Waals surface area contributed by atoms with Gasteiger partial charge in [-0.05, 0) is 49.2 Å². The first-order chi connectivity index (χ1) is 12.0. The zero-order valence-corrected chi connectivity index (χ0v) is 14.4. The predicted molar refractivity (Wildman–Crippen MR) is 98.5 cm³/mol. The number of carbonyl (C=O) groups excluding carboxylic acids is 2. The molecule has 2 rings (SSSR count). The van der Waals surface area contributed by atoms with Crippen LogP contribution in [-0.2, 0) is 11.3 Å². The van der Waals surface area contributed by atoms with Crippen molar-refractivity contribution in [3.63, 3.8) is 0 Å². The lowest BCUT2D eigenvalue weighted by atomic mass is 10.1. The highest BCUT2D eigenvalue weighted by Crippen LogP contribution is 2.19. The number of amides is 1. The Hall–Kier alpha value is -3.13. The van der Waals surface area contributed by atoms with Crippen molar-refractivity contribution in [3.8, 4) is 6.07 Å². The van der Waals surface area contributed by atoms with E-state index < -0.39 is 0 Å². The molecule has 0 aliphatic rings. The van der Waals surface area contributed by atoms with E-state index >= 15 is 0 Å². The van der Waals surface area contributed by atoms with Crippen molar-refractivity contribution >= 4 is 23.1 Å². The van der Waals surface area contributed by atoms with Gasteiger partial charge in [-0.3, -0.25) is 9.59 Å². The smallest absolute Gasteiger partial charge is 0.224 e. The number of nitrogens with zero attached hydrogens (tertiary/aromatic N) is 1. The van der Waals surface area contributed by atoms with Gasteiger partial charge in [0.25, 0.3) is 0 Å². The fraction of sp³-hybridized carbons (Fsp3) is 0.250. The average molecular weight is 335 g/mol. The normalized spacial score (nSPS) is 9.96. The van der Waals surface area contributed by atoms with Crippen LogP contribution in [0.1, 0.15) is 48.2 Å². The lowest BCUT2D eigenvalue weighted by Gasteiger charge is -2.11. The fourth-order valence-electron chi connectivity index (χ4n) is 2.41. The molecule has 0 aliphatic heterocycles. The molecule has 1 amide bonds. The second-order valence-electron chi connectivity index (χ2n) is 5.78. The van der Waals surface area contributed by atoms with Crippen molar-refractivity contribution in [3.05, 3.63) is 59.2 Å². The molecule has 2 aromatic carbocycles. The second-order valence-corrected chi connectivity index (χ2v) is 5.78. The van der Waals surface area contributed by atoms with Crippen molar-refractivity contribution in [2.45, 2.75) is 33.2 Å². The molecule has 5 heteroatoms. The van der Waals surface area contributed by atoms with Gasteiger partial charge >= 0.3 is 0 Å². The van der Waals surface area contributed by atoms with Crippen molar-refractivity contribution in [1.82, 2.24) is 0 Å². The van der Waals surface area contributed by atoms with Gasteiger partial charge in [0.1, 0.15) is 6.07 Å². The highest BCUT2D eigenvalue weighted by atomic mass is 16.1. The zero-order valence-electron chi connectivity index (χ0n) is 14.4. The first-order valence-electron chi connectivity index (χ1n) is 8.21. The molecule has 0 fully saturated rings. The largest absolute Gasteiger partial charge is 0.380 e. The molecule has 2 N–H and O–H groups in total. The SMILES string of the molecule is CCCC(=O)Nc1cccc(CNc2cc(C(C)=O)ccc2C#N)c1. The molecule has 5 nitrogen and oxygen atoms in total. The van der Waals surface area contributed by atoms with Crippen LogP contribution >= 0.6 is 0 Å². The summed E-state index contributed by atoms with van der Waals surface area (Å²) in [7, 11) is 0. The van der Waals surface area contributed by atoms with Gasteiger partial charge in [0, 0.05) is 24.2 Å². The van der Waals surface area contributed by atoms with Gasteiger partial charge < -0.3 is 10.6 Å². The van der Waals surface area contributed by atoms with Gasteiger partial charge in [0.05, 0.1) is 11.3 Å². The third-order valence-corrected chi connectivity index (χ3v) is 3.72. The summed E-state index contributed by atoms with van der Waals surface area (Å²) in [5.41, 5.74) is 3.37. The average Bonchev–Trinajstić information content (AvgIpc) is 2.60. The number of benzene rings is 2. The van der Waals surface area contributed by atoms with Gasteiger partial charge in [-0.2, -0.15) is 5.26 Å². The molecule has 0 spiro atoms. The Bertz CT molecular complexity index is 822. The lowest BCUT2D eigenvalue weighted by molar-refractivity contribution is -0.116. The van der Waals surface area contributed by atoms with Crippen molar-refractivity contribution in [2.24, 2.45) is 0 Å². The highest BCUT2D eigenvalue weighted by Gasteiger charge is 2.07. The minimum Gasteiger partial charge on any atom is -0.380 e. The molecule has 128 valence electrons. The minimum absolute atomic E-state index is 0.00599. The maximum absolute atomic E-state index is 11.7. The van der Waals surface area contributed by atoms with Crippen molar-refractivity contribution in [2.75, 3.05) is 10.6 Å². The Kier molecular flexibility index (Phi) is 6.30. The highest BCUT2D eigenvalue weighted by molar-refractivity contribution is 5.95. The maximum Gasteiger partial charge on any atom is 0.224 e. The van der Waals surface area contributed by atoms with Gasteiger partial charge in [-0.15, -0.1) is 0 Å². The molecule has 0 saturated carbocycles. The molecular formula is C20H21N3O2. The fourth-order valence-corrected chi connectivity index (χ4v) is 2.41. The third-order valence-electron chi connectivity index (χ3n) is 3.72. The Balaban J connectivity index is 2.11. The Morgan fingerprint density at radius 2 is 1.96 bits per heavy atom. The van der Waals surface area contributed by atoms with Gasteiger partial charge in [-0.1, -0.05) is 19.1 Å². The van der Waals surface area contributed by atoms with E-state index in [1.807, 2.05) is 31.2 Å². The number of nitriles is 1. The van der Waals surface area contributed by atoms with E-state index in [0.29, 0.717) is 29.8 Å². The van der Waals surface area contributed by atoms with Gasteiger partial charge in [0.2, 0.25) is 5.91 Å². The molecule has 0 heterocycles. The number of carbonyl (C=O) groups is 2. The molecule has 0 bridgehead atoms. The molecule has 0 saturated heterocycles. The summed E-state index contributed by atoms with van der Waals surface area (Å²) < 4.78 is 0. The van der Waals surface area contributed by atoms with Crippen LogP contribution in [0.5, 0.6) is 0 Å². The van der Waals surface area contributed by atoms with Crippen LogP contribution in [0.4, 0.5) is 11.4 Å². The van der Waals surface area contributed by atoms with Crippen LogP contribution in [0.2, 0.25) is 0 Å². The molecule has 0 aliphatic carbocycles. The minimum atomic E-state index is -0.0480. The number of hydrogen-bond acceptors (Lipinski definition) is 4. The topological polar surface area (TPSA) is 82.0 Å². The first kappa shape index (κ1) is 18.2. The summed E-state index contributed by atoms with van der Waals surface area (Å²) in [6.45, 7) is 3.93. The van der Waals surface area contributed by atoms with Crippen LogP contribution in [-0.4, -0.2) is 11.7 Å². The predicted octanol–water partition coefficient (Wildman–Crippen LogP) is 4.11. The quantitative estimate of drug-likeness (QED) is 0.746. The van der Waals surface area contributed by atoms with Gasteiger partial charge in [0.15, 0.2) is 5.78 Å². The summed E-state index contributed by atoms with van der Waals surface area (Å²) in [6, 6.07) is 14.6. The number of nitrogens with one attached hydrogen (secondary N) is 2. The van der Waals surface area contributed by atoms with E-state index in [4.69, 9.17) is 0 Å². The Labute approximate surface area is 147 Å². The molecule has 0 unspecified atom stereocenters. The summed E-state index contributed by atoms with van der Waals surface area (Å²) in [5, 5.41) is 15.3. The molecule has 25 heavy (non-hydrogen) atoms. The summed E-state index contributed by atoms with van der Waals surface area (Å²) in [6.07, 6.45) is 1.29. The Morgan fingerprint density at radius 1 is 1.16 bits per heavy atom. The van der Waals surface area contributed by atoms with Crippen molar-refractivity contribution < 1.29 is 9.59 Å². The van der Waals surface area contributed by atoms with Crippen LogP contribution in [0.25, 0.3) is 0 Å². The van der Waals surface area contributed by atoms with Gasteiger partial charge in [-0.25, -0.2) is 0 Å². The number of anilines is 2. The van der Waals surface area contributed by atoms with E-state index in [1.54, 1.807) is 18.2 Å². The third kappa shape index (κ3) is 5.18. The number of ketones is 1. The van der Waals surface area contributed by atoms with Crippen LogP contribution in [0, 0.1) is 11.3 Å². The number of rotatable bonds is 7. The molecule has 0 radical (unpaired) electrons. The monoisotopic (exact) mass is 335 g/mol. The van der Waals surface area contributed by atoms with Crippen LogP contribution in [0.3, 0.4) is 0 Å². The number of hydrogen-bond donors (Lipinski definition) is 2. The summed E-state index contributed by atoms with van der Waals surface area (Å²) >= 11 is 0. The van der Waals surface area contributed by atoms with E-state index in [9.17, 15) is 14.9 Å².